The van der Waals surface area contributed by atoms with Gasteiger partial charge in [-0.3, -0.25) is 0 Å². The lowest BCUT2D eigenvalue weighted by molar-refractivity contribution is 0.279. The molecule has 0 aliphatic carbocycles. The second-order valence-corrected chi connectivity index (χ2v) is 11.9. The van der Waals surface area contributed by atoms with Crippen molar-refractivity contribution in [3.63, 3.8) is 0 Å². The molecule has 0 aliphatic rings. The van der Waals surface area contributed by atoms with Gasteiger partial charge in [-0.25, -0.2) is 0 Å². The third-order valence-corrected chi connectivity index (χ3v) is 11.3. The van der Waals surface area contributed by atoms with Crippen LogP contribution < -0.4 is 0 Å². The minimum absolute atomic E-state index is 0.845. The van der Waals surface area contributed by atoms with E-state index >= 15 is 0 Å². The SMILES string of the molecule is CCC[SiH](C)O[SiH](C)CC[SiH](OC)OC. The first-order chi connectivity index (χ1) is 7.13. The Kier molecular flexibility index (Phi) is 10.1. The summed E-state index contributed by atoms with van der Waals surface area (Å²) < 4.78 is 16.7. The second kappa shape index (κ2) is 9.74. The molecule has 0 aromatic heterocycles. The van der Waals surface area contributed by atoms with Crippen molar-refractivity contribution in [2.75, 3.05) is 14.2 Å². The molecular weight excluding hydrogens is 240 g/mol. The predicted molar refractivity (Wildman–Crippen MR) is 73.0 cm³/mol. The minimum Gasteiger partial charge on any atom is -0.460 e. The van der Waals surface area contributed by atoms with Crippen molar-refractivity contribution in [3.8, 4) is 0 Å². The lowest BCUT2D eigenvalue weighted by Crippen LogP contribution is -2.27. The van der Waals surface area contributed by atoms with Crippen molar-refractivity contribution in [1.29, 1.82) is 0 Å². The monoisotopic (exact) mass is 266 g/mol. The molecule has 2 unspecified atom stereocenters. The van der Waals surface area contributed by atoms with Gasteiger partial charge in [0.15, 0.2) is 18.1 Å². The van der Waals surface area contributed by atoms with Gasteiger partial charge >= 0.3 is 9.28 Å². The van der Waals surface area contributed by atoms with Gasteiger partial charge in [0.05, 0.1) is 0 Å². The van der Waals surface area contributed by atoms with Crippen LogP contribution >= 0.6 is 0 Å². The third kappa shape index (κ3) is 8.35. The predicted octanol–water partition coefficient (Wildman–Crippen LogP) is 1.63. The lowest BCUT2D eigenvalue weighted by atomic mass is 10.6. The van der Waals surface area contributed by atoms with E-state index in [9.17, 15) is 0 Å². The molecule has 0 aromatic carbocycles. The van der Waals surface area contributed by atoms with E-state index in [-0.39, 0.29) is 0 Å². The molecule has 15 heavy (non-hydrogen) atoms. The highest BCUT2D eigenvalue weighted by Crippen LogP contribution is 2.08. The van der Waals surface area contributed by atoms with Gasteiger partial charge in [0.1, 0.15) is 0 Å². The van der Waals surface area contributed by atoms with E-state index in [0.717, 1.165) is 6.04 Å². The highest BCUT2D eigenvalue weighted by Gasteiger charge is 2.15. The maximum Gasteiger partial charge on any atom is 0.320 e. The van der Waals surface area contributed by atoms with Crippen LogP contribution in [0.1, 0.15) is 13.3 Å². The van der Waals surface area contributed by atoms with Crippen molar-refractivity contribution >= 4 is 27.4 Å². The van der Waals surface area contributed by atoms with Crippen LogP contribution in [-0.2, 0) is 13.0 Å². The Morgan fingerprint density at radius 3 is 1.87 bits per heavy atom. The molecule has 0 saturated carbocycles. The van der Waals surface area contributed by atoms with Gasteiger partial charge in [-0.15, -0.1) is 0 Å². The van der Waals surface area contributed by atoms with Gasteiger partial charge in [0.2, 0.25) is 0 Å². The maximum absolute atomic E-state index is 6.12. The zero-order valence-corrected chi connectivity index (χ0v) is 14.2. The van der Waals surface area contributed by atoms with Crippen molar-refractivity contribution < 1.29 is 13.0 Å². The quantitative estimate of drug-likeness (QED) is 0.594. The van der Waals surface area contributed by atoms with Gasteiger partial charge in [-0.05, 0) is 31.2 Å². The summed E-state index contributed by atoms with van der Waals surface area (Å²) in [5.74, 6) is 0. The van der Waals surface area contributed by atoms with Crippen LogP contribution in [0.2, 0.25) is 31.2 Å². The fourth-order valence-electron chi connectivity index (χ4n) is 1.64. The first kappa shape index (κ1) is 15.5. The molecule has 0 amide bonds. The first-order valence-corrected chi connectivity index (χ1v) is 12.5. The molecule has 0 saturated heterocycles. The standard InChI is InChI=1S/C9H26O3Si3/c1-6-7-13(4)12-14(5)8-9-15(10-2)11-3/h13-15H,6-9H2,1-5H3. The van der Waals surface area contributed by atoms with Gasteiger partial charge in [0, 0.05) is 14.2 Å². The average Bonchev–Trinajstić information content (AvgIpc) is 2.19. The average molecular weight is 267 g/mol. The van der Waals surface area contributed by atoms with Crippen molar-refractivity contribution in [3.05, 3.63) is 0 Å². The summed E-state index contributed by atoms with van der Waals surface area (Å²) in [4.78, 5) is 0. The van der Waals surface area contributed by atoms with Crippen LogP contribution in [0.5, 0.6) is 0 Å². The van der Waals surface area contributed by atoms with Crippen LogP contribution in [0.3, 0.4) is 0 Å². The fraction of sp³-hybridized carbons (Fsp3) is 1.00. The smallest absolute Gasteiger partial charge is 0.320 e. The fourth-order valence-corrected chi connectivity index (χ4v) is 10.3. The van der Waals surface area contributed by atoms with Crippen molar-refractivity contribution in [1.82, 2.24) is 0 Å². The van der Waals surface area contributed by atoms with Gasteiger partial charge in [-0.2, -0.15) is 0 Å². The normalized spacial score (nSPS) is 15.6. The van der Waals surface area contributed by atoms with E-state index in [1.807, 2.05) is 0 Å². The number of rotatable bonds is 9. The van der Waals surface area contributed by atoms with Crippen LogP contribution in [0.15, 0.2) is 0 Å². The molecule has 0 bridgehead atoms. The molecule has 0 spiro atoms. The number of hydrogen-bond acceptors (Lipinski definition) is 3. The van der Waals surface area contributed by atoms with Gasteiger partial charge in [0.25, 0.3) is 0 Å². The third-order valence-electron chi connectivity index (χ3n) is 2.49. The highest BCUT2D eigenvalue weighted by atomic mass is 28.4. The summed E-state index contributed by atoms with van der Waals surface area (Å²) in [6, 6.07) is 3.63. The first-order valence-electron chi connectivity index (χ1n) is 5.85. The Bertz CT molecular complexity index is 145. The van der Waals surface area contributed by atoms with E-state index < -0.39 is 27.4 Å². The Morgan fingerprint density at radius 1 is 0.867 bits per heavy atom. The lowest BCUT2D eigenvalue weighted by Gasteiger charge is -2.18. The van der Waals surface area contributed by atoms with E-state index in [1.165, 1.54) is 18.5 Å². The van der Waals surface area contributed by atoms with E-state index in [0.29, 0.717) is 0 Å². The topological polar surface area (TPSA) is 27.7 Å². The molecule has 0 aliphatic heterocycles. The molecule has 0 radical (unpaired) electrons. The summed E-state index contributed by atoms with van der Waals surface area (Å²) in [6.45, 7) is 6.85. The molecule has 0 N–H and O–H groups in total. The Hall–Kier alpha value is 0.531. The van der Waals surface area contributed by atoms with Gasteiger partial charge in [-0.1, -0.05) is 13.3 Å². The summed E-state index contributed by atoms with van der Waals surface area (Å²) in [5, 5.41) is 0. The molecule has 0 aromatic rings. The molecule has 92 valence electrons. The van der Waals surface area contributed by atoms with Crippen molar-refractivity contribution in [2.45, 2.75) is 44.6 Å². The summed E-state index contributed by atoms with van der Waals surface area (Å²) in [6.07, 6.45) is 1.27. The summed E-state index contributed by atoms with van der Waals surface area (Å²) in [7, 11) is 0.380. The minimum atomic E-state index is -1.34. The Morgan fingerprint density at radius 2 is 1.40 bits per heavy atom. The number of hydrogen-bond donors (Lipinski definition) is 0. The molecular formula is C9H26O3Si3. The molecule has 0 rings (SSSR count). The van der Waals surface area contributed by atoms with Crippen LogP contribution in [0.25, 0.3) is 0 Å². The van der Waals surface area contributed by atoms with Crippen LogP contribution in [0.4, 0.5) is 0 Å². The Balaban J connectivity index is 3.59. The van der Waals surface area contributed by atoms with E-state index in [2.05, 4.69) is 20.0 Å². The molecule has 0 fully saturated rings. The highest BCUT2D eigenvalue weighted by molar-refractivity contribution is 6.65. The summed E-state index contributed by atoms with van der Waals surface area (Å²) >= 11 is 0. The van der Waals surface area contributed by atoms with Crippen LogP contribution in [-0.4, -0.2) is 41.6 Å². The van der Waals surface area contributed by atoms with E-state index in [1.54, 1.807) is 14.2 Å². The Labute approximate surface area is 99.4 Å². The molecule has 0 heterocycles. The largest absolute Gasteiger partial charge is 0.460 e. The molecule has 3 nitrogen and oxygen atoms in total. The maximum atomic E-state index is 6.12. The molecule has 2 atom stereocenters. The second-order valence-electron chi connectivity index (χ2n) is 4.02. The van der Waals surface area contributed by atoms with E-state index in [4.69, 9.17) is 13.0 Å². The van der Waals surface area contributed by atoms with Gasteiger partial charge < -0.3 is 13.0 Å². The summed E-state index contributed by atoms with van der Waals surface area (Å²) in [5.41, 5.74) is 0. The van der Waals surface area contributed by atoms with Crippen molar-refractivity contribution in [2.24, 2.45) is 0 Å². The van der Waals surface area contributed by atoms with Crippen LogP contribution in [0, 0.1) is 0 Å². The molecule has 6 heteroatoms. The zero-order chi connectivity index (χ0) is 11.7. The zero-order valence-electron chi connectivity index (χ0n) is 10.8.